The van der Waals surface area contributed by atoms with E-state index in [1.807, 2.05) is 36.4 Å². The first-order chi connectivity index (χ1) is 10.5. The number of nitrogens with zero attached hydrogens (tertiary/aromatic N) is 2. The maximum absolute atomic E-state index is 12.4. The number of nitriles is 1. The van der Waals surface area contributed by atoms with Gasteiger partial charge in [-0.15, -0.1) is 0 Å². The smallest absolute Gasteiger partial charge is 0.242 e. The molecule has 0 N–H and O–H groups in total. The minimum Gasteiger partial charge on any atom is -0.492 e. The van der Waals surface area contributed by atoms with E-state index in [0.29, 0.717) is 11.3 Å². The van der Waals surface area contributed by atoms with Gasteiger partial charge >= 0.3 is 0 Å². The van der Waals surface area contributed by atoms with Gasteiger partial charge in [-0.25, -0.2) is 8.42 Å². The molecule has 0 unspecified atom stereocenters. The first-order valence-electron chi connectivity index (χ1n) is 6.68. The van der Waals surface area contributed by atoms with Gasteiger partial charge in [-0.05, 0) is 30.3 Å². The third-order valence-electron chi connectivity index (χ3n) is 3.09. The molecule has 0 saturated carbocycles. The Morgan fingerprint density at radius 1 is 1.14 bits per heavy atom. The number of ether oxygens (including phenoxy) is 1. The van der Waals surface area contributed by atoms with E-state index in [9.17, 15) is 8.42 Å². The van der Waals surface area contributed by atoms with Crippen molar-refractivity contribution in [1.29, 1.82) is 5.26 Å². The molecule has 0 heterocycles. The van der Waals surface area contributed by atoms with Crippen molar-refractivity contribution in [2.24, 2.45) is 0 Å². The zero-order valence-corrected chi connectivity index (χ0v) is 13.0. The van der Waals surface area contributed by atoms with Gasteiger partial charge in [0.25, 0.3) is 0 Å². The average molecular weight is 316 g/mol. The Morgan fingerprint density at radius 2 is 1.86 bits per heavy atom. The van der Waals surface area contributed by atoms with Crippen LogP contribution in [0.2, 0.25) is 0 Å². The lowest BCUT2D eigenvalue weighted by Crippen LogP contribution is -2.31. The molecule has 0 bridgehead atoms. The molecular weight excluding hydrogens is 300 g/mol. The zero-order valence-electron chi connectivity index (χ0n) is 12.1. The fraction of sp³-hybridized carbons (Fsp3) is 0.188. The predicted octanol–water partition coefficient (Wildman–Crippen LogP) is 2.26. The summed E-state index contributed by atoms with van der Waals surface area (Å²) in [4.78, 5) is 0.105. The van der Waals surface area contributed by atoms with E-state index in [0.717, 1.165) is 0 Å². The third kappa shape index (κ3) is 3.85. The van der Waals surface area contributed by atoms with Gasteiger partial charge in [-0.1, -0.05) is 24.3 Å². The summed E-state index contributed by atoms with van der Waals surface area (Å²) in [5.74, 6) is 0.694. The van der Waals surface area contributed by atoms with Gasteiger partial charge in [0.15, 0.2) is 0 Å². The molecule has 2 aromatic carbocycles. The number of benzene rings is 2. The van der Waals surface area contributed by atoms with Gasteiger partial charge in [-0.3, -0.25) is 0 Å². The van der Waals surface area contributed by atoms with Gasteiger partial charge in [0.2, 0.25) is 10.0 Å². The lowest BCUT2D eigenvalue weighted by atomic mass is 10.2. The second-order valence-corrected chi connectivity index (χ2v) is 6.67. The Kier molecular flexibility index (Phi) is 5.15. The number of sulfonamides is 1. The Balaban J connectivity index is 2.01. The van der Waals surface area contributed by atoms with E-state index in [-0.39, 0.29) is 18.0 Å². The van der Waals surface area contributed by atoms with Crippen molar-refractivity contribution in [2.45, 2.75) is 4.90 Å². The van der Waals surface area contributed by atoms with Crippen molar-refractivity contribution in [3.63, 3.8) is 0 Å². The molecule has 0 aliphatic heterocycles. The standard InChI is InChI=1S/C16H16N2O3S/c1-18(10-11-21-15-7-3-2-4-8-15)22(19,20)16-9-5-6-14(12-16)13-17/h2-9,12H,10-11H2,1H3. The highest BCUT2D eigenvalue weighted by atomic mass is 32.2. The second-order valence-electron chi connectivity index (χ2n) is 4.63. The maximum atomic E-state index is 12.4. The summed E-state index contributed by atoms with van der Waals surface area (Å²) in [7, 11) is -2.13. The van der Waals surface area contributed by atoms with Crippen LogP contribution >= 0.6 is 0 Å². The summed E-state index contributed by atoms with van der Waals surface area (Å²) in [5, 5.41) is 8.86. The van der Waals surface area contributed by atoms with Gasteiger partial charge in [0.1, 0.15) is 12.4 Å². The Morgan fingerprint density at radius 3 is 2.55 bits per heavy atom. The average Bonchev–Trinajstić information content (AvgIpc) is 2.55. The van der Waals surface area contributed by atoms with Crippen LogP contribution in [0, 0.1) is 11.3 Å². The molecule has 0 spiro atoms. The zero-order chi connectivity index (χ0) is 16.0. The fourth-order valence-corrected chi connectivity index (χ4v) is 3.04. The third-order valence-corrected chi connectivity index (χ3v) is 4.94. The topological polar surface area (TPSA) is 70.4 Å². The minimum atomic E-state index is -3.62. The van der Waals surface area contributed by atoms with Gasteiger partial charge in [0.05, 0.1) is 16.5 Å². The van der Waals surface area contributed by atoms with E-state index in [4.69, 9.17) is 10.00 Å². The molecule has 0 aliphatic carbocycles. The van der Waals surface area contributed by atoms with E-state index in [1.165, 1.54) is 23.5 Å². The van der Waals surface area contributed by atoms with Gasteiger partial charge < -0.3 is 4.74 Å². The lowest BCUT2D eigenvalue weighted by Gasteiger charge is -2.17. The molecule has 6 heteroatoms. The van der Waals surface area contributed by atoms with Crippen molar-refractivity contribution in [3.05, 3.63) is 60.2 Å². The normalized spacial score (nSPS) is 11.1. The van der Waals surface area contributed by atoms with Crippen molar-refractivity contribution in [1.82, 2.24) is 4.31 Å². The first-order valence-corrected chi connectivity index (χ1v) is 8.12. The summed E-state index contributed by atoms with van der Waals surface area (Å²) >= 11 is 0. The van der Waals surface area contributed by atoms with E-state index < -0.39 is 10.0 Å². The quantitative estimate of drug-likeness (QED) is 0.819. The van der Waals surface area contributed by atoms with Crippen LogP contribution in [0.5, 0.6) is 5.75 Å². The SMILES string of the molecule is CN(CCOc1ccccc1)S(=O)(=O)c1cccc(C#N)c1. The molecule has 0 atom stereocenters. The Labute approximate surface area is 130 Å². The van der Waals surface area contributed by atoms with E-state index in [2.05, 4.69) is 0 Å². The van der Waals surface area contributed by atoms with Crippen LogP contribution < -0.4 is 4.74 Å². The summed E-state index contributed by atoms with van der Waals surface area (Å²) < 4.78 is 31.5. The monoisotopic (exact) mass is 316 g/mol. The van der Waals surface area contributed by atoms with Crippen LogP contribution in [0.4, 0.5) is 0 Å². The number of hydrogen-bond acceptors (Lipinski definition) is 4. The molecule has 0 amide bonds. The number of hydrogen-bond donors (Lipinski definition) is 0. The molecule has 22 heavy (non-hydrogen) atoms. The van der Waals surface area contributed by atoms with E-state index >= 15 is 0 Å². The van der Waals surface area contributed by atoms with Crippen LogP contribution in [0.1, 0.15) is 5.56 Å². The van der Waals surface area contributed by atoms with Crippen LogP contribution in [0.25, 0.3) is 0 Å². The van der Waals surface area contributed by atoms with Crippen LogP contribution in [0.3, 0.4) is 0 Å². The van der Waals surface area contributed by atoms with Crippen molar-refractivity contribution < 1.29 is 13.2 Å². The fourth-order valence-electron chi connectivity index (χ4n) is 1.83. The first kappa shape index (κ1) is 16.0. The Bertz CT molecular complexity index is 767. The molecule has 114 valence electrons. The second kappa shape index (κ2) is 7.07. The van der Waals surface area contributed by atoms with Gasteiger partial charge in [0, 0.05) is 13.6 Å². The largest absolute Gasteiger partial charge is 0.492 e. The minimum absolute atomic E-state index is 0.105. The summed E-state index contributed by atoms with van der Waals surface area (Å²) in [6.07, 6.45) is 0. The van der Waals surface area contributed by atoms with E-state index in [1.54, 1.807) is 12.1 Å². The maximum Gasteiger partial charge on any atom is 0.242 e. The number of likely N-dealkylation sites (N-methyl/N-ethyl adjacent to an activating group) is 1. The highest BCUT2D eigenvalue weighted by molar-refractivity contribution is 7.89. The molecule has 2 rings (SSSR count). The molecule has 0 aliphatic rings. The molecule has 0 saturated heterocycles. The van der Waals surface area contributed by atoms with Crippen molar-refractivity contribution in [3.8, 4) is 11.8 Å². The molecule has 0 radical (unpaired) electrons. The molecule has 0 aromatic heterocycles. The summed E-state index contributed by atoms with van der Waals surface area (Å²) in [6, 6.07) is 17.1. The van der Waals surface area contributed by atoms with Crippen LogP contribution in [-0.4, -0.2) is 32.9 Å². The lowest BCUT2D eigenvalue weighted by molar-refractivity contribution is 0.287. The summed E-state index contributed by atoms with van der Waals surface area (Å²) in [6.45, 7) is 0.464. The Hall–Kier alpha value is -2.36. The van der Waals surface area contributed by atoms with Crippen LogP contribution in [0.15, 0.2) is 59.5 Å². The van der Waals surface area contributed by atoms with Crippen LogP contribution in [-0.2, 0) is 10.0 Å². The van der Waals surface area contributed by atoms with Crippen molar-refractivity contribution >= 4 is 10.0 Å². The predicted molar refractivity (Wildman–Crippen MR) is 82.9 cm³/mol. The summed E-state index contributed by atoms with van der Waals surface area (Å²) in [5.41, 5.74) is 0.315. The molecule has 5 nitrogen and oxygen atoms in total. The molecular formula is C16H16N2O3S. The van der Waals surface area contributed by atoms with Gasteiger partial charge in [-0.2, -0.15) is 9.57 Å². The van der Waals surface area contributed by atoms with Crippen molar-refractivity contribution in [2.75, 3.05) is 20.2 Å². The number of para-hydroxylation sites is 1. The molecule has 2 aromatic rings. The highest BCUT2D eigenvalue weighted by Crippen LogP contribution is 2.16. The molecule has 0 fully saturated rings. The highest BCUT2D eigenvalue weighted by Gasteiger charge is 2.20. The number of rotatable bonds is 6.